The highest BCUT2D eigenvalue weighted by atomic mass is 19.4. The van der Waals surface area contributed by atoms with Gasteiger partial charge in [-0.1, -0.05) is 0 Å². The average Bonchev–Trinajstić information content (AvgIpc) is 2.96. The molecule has 0 atom stereocenters. The van der Waals surface area contributed by atoms with Gasteiger partial charge in [0.1, 0.15) is 12.1 Å². The number of aromatic nitrogens is 3. The first-order valence-corrected chi connectivity index (χ1v) is 7.02. The van der Waals surface area contributed by atoms with Gasteiger partial charge in [-0.25, -0.2) is 9.36 Å². The fourth-order valence-electron chi connectivity index (χ4n) is 2.18. The molecule has 0 saturated carbocycles. The molecule has 0 bridgehead atoms. The molecule has 1 aromatic heterocycles. The second kappa shape index (κ2) is 6.35. The third-order valence-corrected chi connectivity index (χ3v) is 3.32. The summed E-state index contributed by atoms with van der Waals surface area (Å²) in [6.45, 7) is 0. The summed E-state index contributed by atoms with van der Waals surface area (Å²) in [5.41, 5.74) is -0.146. The van der Waals surface area contributed by atoms with Crippen LogP contribution in [0.2, 0.25) is 0 Å². The van der Waals surface area contributed by atoms with Gasteiger partial charge in [-0.05, 0) is 36.4 Å². The van der Waals surface area contributed by atoms with Crippen molar-refractivity contribution in [1.82, 2.24) is 14.3 Å². The third kappa shape index (κ3) is 3.55. The number of nitro benzene ring substituents is 1. The van der Waals surface area contributed by atoms with Crippen molar-refractivity contribution in [1.29, 1.82) is 0 Å². The molecule has 0 unspecified atom stereocenters. The van der Waals surface area contributed by atoms with E-state index < -0.39 is 22.7 Å². The van der Waals surface area contributed by atoms with Gasteiger partial charge in [-0.15, -0.1) is 13.2 Å². The van der Waals surface area contributed by atoms with Gasteiger partial charge in [-0.3, -0.25) is 10.1 Å². The van der Waals surface area contributed by atoms with Crippen molar-refractivity contribution in [2.24, 2.45) is 0 Å². The van der Waals surface area contributed by atoms with Gasteiger partial charge in [0.2, 0.25) is 0 Å². The molecule has 0 radical (unpaired) electrons. The lowest BCUT2D eigenvalue weighted by Gasteiger charge is -2.08. The molecule has 0 aliphatic carbocycles. The molecule has 0 saturated heterocycles. The first-order valence-electron chi connectivity index (χ1n) is 7.02. The van der Waals surface area contributed by atoms with Crippen LogP contribution in [0.25, 0.3) is 11.4 Å². The first kappa shape index (κ1) is 17.2. The quantitative estimate of drug-likeness (QED) is 0.523. The molecule has 134 valence electrons. The van der Waals surface area contributed by atoms with E-state index in [0.717, 1.165) is 21.4 Å². The second-order valence-electron chi connectivity index (χ2n) is 5.01. The summed E-state index contributed by atoms with van der Waals surface area (Å²) < 4.78 is 42.4. The zero-order valence-electron chi connectivity index (χ0n) is 12.8. The molecule has 0 amide bonds. The average molecular weight is 366 g/mol. The van der Waals surface area contributed by atoms with E-state index in [1.165, 1.54) is 42.7 Å². The number of hydrogen-bond donors (Lipinski definition) is 0. The number of ether oxygens (including phenoxy) is 1. The van der Waals surface area contributed by atoms with E-state index in [-0.39, 0.29) is 11.4 Å². The van der Waals surface area contributed by atoms with Gasteiger partial charge in [0.15, 0.2) is 0 Å². The molecule has 3 aromatic rings. The molecular weight excluding hydrogens is 357 g/mol. The largest absolute Gasteiger partial charge is 0.573 e. The summed E-state index contributed by atoms with van der Waals surface area (Å²) in [5.74, 6) is -0.427. The minimum atomic E-state index is -4.81. The number of alkyl halides is 3. The van der Waals surface area contributed by atoms with Gasteiger partial charge < -0.3 is 4.74 Å². The van der Waals surface area contributed by atoms with Crippen molar-refractivity contribution >= 4 is 5.69 Å². The van der Waals surface area contributed by atoms with E-state index >= 15 is 0 Å². The predicted octanol–water partition coefficient (Wildman–Crippen LogP) is 2.83. The van der Waals surface area contributed by atoms with Crippen LogP contribution in [0.15, 0.2) is 59.7 Å². The highest BCUT2D eigenvalue weighted by Gasteiger charge is 2.31. The Bertz CT molecular complexity index is 991. The fraction of sp³-hybridized carbons (Fsp3) is 0.0667. The summed E-state index contributed by atoms with van der Waals surface area (Å²) >= 11 is 0. The molecule has 26 heavy (non-hydrogen) atoms. The van der Waals surface area contributed by atoms with Crippen molar-refractivity contribution in [3.8, 4) is 17.1 Å². The van der Waals surface area contributed by atoms with Crippen LogP contribution < -0.4 is 10.4 Å². The number of non-ortho nitro benzene ring substituents is 1. The molecule has 0 N–H and O–H groups in total. The lowest BCUT2D eigenvalue weighted by Crippen LogP contribution is -2.22. The van der Waals surface area contributed by atoms with Crippen LogP contribution in [0.3, 0.4) is 0 Å². The Balaban J connectivity index is 1.89. The van der Waals surface area contributed by atoms with Gasteiger partial charge in [-0.2, -0.15) is 9.78 Å². The minimum Gasteiger partial charge on any atom is -0.406 e. The van der Waals surface area contributed by atoms with Crippen LogP contribution in [0.5, 0.6) is 5.75 Å². The van der Waals surface area contributed by atoms with Crippen LogP contribution in [0, 0.1) is 10.1 Å². The topological polar surface area (TPSA) is 92.2 Å². The Morgan fingerprint density at radius 2 is 1.58 bits per heavy atom. The second-order valence-corrected chi connectivity index (χ2v) is 5.01. The smallest absolute Gasteiger partial charge is 0.406 e. The van der Waals surface area contributed by atoms with Crippen LogP contribution in [0.1, 0.15) is 0 Å². The fourth-order valence-corrected chi connectivity index (χ4v) is 2.18. The molecule has 0 fully saturated rings. The zero-order chi connectivity index (χ0) is 18.9. The van der Waals surface area contributed by atoms with E-state index in [2.05, 4.69) is 9.84 Å². The lowest BCUT2D eigenvalue weighted by atomic mass is 10.3. The van der Waals surface area contributed by atoms with E-state index in [9.17, 15) is 28.1 Å². The first-order chi connectivity index (χ1) is 12.2. The molecule has 0 spiro atoms. The number of benzene rings is 2. The van der Waals surface area contributed by atoms with Crippen molar-refractivity contribution in [3.63, 3.8) is 0 Å². The zero-order valence-corrected chi connectivity index (χ0v) is 12.8. The monoisotopic (exact) mass is 366 g/mol. The van der Waals surface area contributed by atoms with E-state index in [4.69, 9.17) is 0 Å². The lowest BCUT2D eigenvalue weighted by molar-refractivity contribution is -0.384. The number of nitrogens with zero attached hydrogens (tertiary/aromatic N) is 4. The molecule has 11 heteroatoms. The summed E-state index contributed by atoms with van der Waals surface area (Å²) in [5, 5.41) is 14.6. The molecule has 8 nitrogen and oxygen atoms in total. The highest BCUT2D eigenvalue weighted by Crippen LogP contribution is 2.23. The maximum atomic E-state index is 12.4. The van der Waals surface area contributed by atoms with Gasteiger partial charge in [0.25, 0.3) is 5.69 Å². The van der Waals surface area contributed by atoms with E-state index in [0.29, 0.717) is 5.69 Å². The van der Waals surface area contributed by atoms with Crippen LogP contribution in [0.4, 0.5) is 18.9 Å². The Hall–Kier alpha value is -3.63. The maximum absolute atomic E-state index is 12.4. The van der Waals surface area contributed by atoms with E-state index in [1.807, 2.05) is 0 Å². The van der Waals surface area contributed by atoms with Gasteiger partial charge in [0.05, 0.1) is 16.3 Å². The Morgan fingerprint density at radius 1 is 1.00 bits per heavy atom. The number of nitro groups is 1. The van der Waals surface area contributed by atoms with E-state index in [1.54, 1.807) is 0 Å². The summed E-state index contributed by atoms with van der Waals surface area (Å²) in [4.78, 5) is 22.5. The van der Waals surface area contributed by atoms with Crippen molar-refractivity contribution in [3.05, 3.63) is 75.5 Å². The van der Waals surface area contributed by atoms with Crippen LogP contribution in [-0.4, -0.2) is 25.6 Å². The van der Waals surface area contributed by atoms with Crippen molar-refractivity contribution in [2.45, 2.75) is 6.36 Å². The summed E-state index contributed by atoms with van der Waals surface area (Å²) in [6, 6.07) is 9.84. The maximum Gasteiger partial charge on any atom is 0.573 e. The third-order valence-electron chi connectivity index (χ3n) is 3.32. The Labute approximate surface area is 142 Å². The van der Waals surface area contributed by atoms with Crippen molar-refractivity contribution in [2.75, 3.05) is 0 Å². The molecular formula is C15H9F3N4O4. The van der Waals surface area contributed by atoms with Crippen LogP contribution >= 0.6 is 0 Å². The Morgan fingerprint density at radius 3 is 2.12 bits per heavy atom. The highest BCUT2D eigenvalue weighted by molar-refractivity contribution is 5.41. The molecule has 2 aromatic carbocycles. The van der Waals surface area contributed by atoms with Gasteiger partial charge in [0, 0.05) is 12.1 Å². The SMILES string of the molecule is O=c1n(-c2ccc([N+](=O)[O-])cc2)cnn1-c1ccc(OC(F)(F)F)cc1. The molecule has 3 rings (SSSR count). The van der Waals surface area contributed by atoms with Crippen molar-refractivity contribution < 1.29 is 22.8 Å². The number of rotatable bonds is 4. The van der Waals surface area contributed by atoms with Gasteiger partial charge >= 0.3 is 12.1 Å². The molecule has 1 heterocycles. The van der Waals surface area contributed by atoms with Crippen LogP contribution in [-0.2, 0) is 0 Å². The summed E-state index contributed by atoms with van der Waals surface area (Å²) in [6.07, 6.45) is -3.61. The minimum absolute atomic E-state index is 0.130. The normalized spacial score (nSPS) is 11.3. The predicted molar refractivity (Wildman–Crippen MR) is 82.5 cm³/mol. The summed E-state index contributed by atoms with van der Waals surface area (Å²) in [7, 11) is 0. The number of hydrogen-bond acceptors (Lipinski definition) is 5. The standard InChI is InChI=1S/C15H9F3N4O4/c16-15(17,18)26-13-7-5-11(6-8-13)21-14(23)20(9-19-21)10-1-3-12(4-2-10)22(24)25/h1-9H. The molecule has 0 aliphatic heterocycles. The molecule has 0 aliphatic rings. The number of halogens is 3. The Kier molecular flexibility index (Phi) is 4.20.